The number of hydrogen-bond donors (Lipinski definition) is 2. The monoisotopic (exact) mass is 473 g/mol. The molecule has 0 aliphatic heterocycles. The van der Waals surface area contributed by atoms with Gasteiger partial charge in [-0.15, -0.1) is 0 Å². The van der Waals surface area contributed by atoms with Gasteiger partial charge in [0.25, 0.3) is 11.8 Å². The average Bonchev–Trinajstić information content (AvgIpc) is 2.81. The van der Waals surface area contributed by atoms with Crippen molar-refractivity contribution in [2.75, 3.05) is 0 Å². The number of nitrogens with one attached hydrogen (secondary N) is 2. The summed E-state index contributed by atoms with van der Waals surface area (Å²) < 4.78 is 0. The Balaban J connectivity index is 1.50. The molecule has 0 saturated heterocycles. The molecule has 0 aliphatic rings. The maximum absolute atomic E-state index is 12.6. The van der Waals surface area contributed by atoms with Crippen LogP contribution in [0, 0.1) is 18.8 Å². The topological polar surface area (TPSA) is 71.1 Å². The summed E-state index contributed by atoms with van der Waals surface area (Å²) in [4.78, 5) is 29.4. The van der Waals surface area contributed by atoms with Crippen LogP contribution in [-0.4, -0.2) is 16.8 Å². The minimum Gasteiger partial charge on any atom is -0.267 e. The van der Waals surface area contributed by atoms with Crippen molar-refractivity contribution >= 4 is 45.9 Å². The van der Waals surface area contributed by atoms with E-state index >= 15 is 0 Å². The number of fused-ring (bicyclic) bond motifs is 1. The van der Waals surface area contributed by atoms with Crippen LogP contribution in [0.2, 0.25) is 10.0 Å². The van der Waals surface area contributed by atoms with Crippen molar-refractivity contribution < 1.29 is 9.59 Å². The molecular formula is C26H17Cl2N3O2. The Bertz CT molecular complexity index is 1430. The first-order chi connectivity index (χ1) is 15.9. The van der Waals surface area contributed by atoms with Crippen molar-refractivity contribution in [3.8, 4) is 11.8 Å². The van der Waals surface area contributed by atoms with Gasteiger partial charge in [-0.2, -0.15) is 0 Å². The molecule has 0 fully saturated rings. The number of benzene rings is 3. The molecule has 0 spiro atoms. The van der Waals surface area contributed by atoms with Crippen LogP contribution >= 0.6 is 23.2 Å². The predicted octanol–water partition coefficient (Wildman–Crippen LogP) is 5.32. The normalized spacial score (nSPS) is 10.3. The second-order valence-corrected chi connectivity index (χ2v) is 8.02. The molecule has 2 amide bonds. The number of amides is 2. The van der Waals surface area contributed by atoms with E-state index in [1.165, 1.54) is 0 Å². The first-order valence-corrected chi connectivity index (χ1v) is 10.7. The van der Waals surface area contributed by atoms with Crippen molar-refractivity contribution in [1.29, 1.82) is 0 Å². The zero-order chi connectivity index (χ0) is 23.4. The van der Waals surface area contributed by atoms with Crippen LogP contribution < -0.4 is 10.9 Å². The van der Waals surface area contributed by atoms with E-state index in [4.69, 9.17) is 23.2 Å². The van der Waals surface area contributed by atoms with Gasteiger partial charge in [-0.05, 0) is 48.9 Å². The fourth-order valence-corrected chi connectivity index (χ4v) is 3.71. The predicted molar refractivity (Wildman–Crippen MR) is 130 cm³/mol. The van der Waals surface area contributed by atoms with E-state index in [2.05, 4.69) is 27.7 Å². The Morgan fingerprint density at radius 2 is 1.58 bits per heavy atom. The zero-order valence-electron chi connectivity index (χ0n) is 17.4. The Kier molecular flexibility index (Phi) is 6.60. The molecule has 0 atom stereocenters. The van der Waals surface area contributed by atoms with E-state index < -0.39 is 11.8 Å². The van der Waals surface area contributed by atoms with Crippen molar-refractivity contribution in [3.63, 3.8) is 0 Å². The molecule has 1 heterocycles. The number of pyridine rings is 1. The highest BCUT2D eigenvalue weighted by molar-refractivity contribution is 6.39. The molecule has 3 aromatic carbocycles. The van der Waals surface area contributed by atoms with E-state index in [0.29, 0.717) is 11.1 Å². The van der Waals surface area contributed by atoms with Gasteiger partial charge < -0.3 is 0 Å². The highest BCUT2D eigenvalue weighted by Gasteiger charge is 2.16. The third-order valence-electron chi connectivity index (χ3n) is 4.91. The van der Waals surface area contributed by atoms with E-state index in [-0.39, 0.29) is 15.6 Å². The summed E-state index contributed by atoms with van der Waals surface area (Å²) in [5, 5.41) is 1.37. The minimum absolute atomic E-state index is 0.0839. The van der Waals surface area contributed by atoms with Gasteiger partial charge in [-0.1, -0.05) is 65.4 Å². The largest absolute Gasteiger partial charge is 0.272 e. The maximum Gasteiger partial charge on any atom is 0.272 e. The number of hydrazine groups is 1. The van der Waals surface area contributed by atoms with Crippen molar-refractivity contribution in [3.05, 3.63) is 111 Å². The fraction of sp³-hybridized carbons (Fsp3) is 0.0385. The summed E-state index contributed by atoms with van der Waals surface area (Å²) >= 11 is 12.1. The number of halogens is 2. The molecule has 2 N–H and O–H groups in total. The molecule has 4 rings (SSSR count). The standard InChI is InChI=1S/C26H17Cl2N3O2/c1-16-9-11-20(25(32)30-31-26(33)24-21(27)6-4-7-22(24)28)14-18(16)12-10-17-13-19-5-2-3-8-23(19)29-15-17/h2-9,11,13-15H,1H3,(H,30,32)(H,31,33). The molecule has 1 aromatic heterocycles. The zero-order valence-corrected chi connectivity index (χ0v) is 19.0. The molecular weight excluding hydrogens is 457 g/mol. The van der Waals surface area contributed by atoms with Gasteiger partial charge in [0.1, 0.15) is 0 Å². The molecule has 0 radical (unpaired) electrons. The summed E-state index contributed by atoms with van der Waals surface area (Å²) in [6, 6.07) is 19.6. The molecule has 0 aliphatic carbocycles. The molecule has 162 valence electrons. The second-order valence-electron chi connectivity index (χ2n) is 7.20. The third-order valence-corrected chi connectivity index (χ3v) is 5.54. The fourth-order valence-electron chi connectivity index (χ4n) is 3.14. The number of hydrogen-bond acceptors (Lipinski definition) is 3. The van der Waals surface area contributed by atoms with E-state index in [1.807, 2.05) is 37.3 Å². The lowest BCUT2D eigenvalue weighted by Gasteiger charge is -2.10. The van der Waals surface area contributed by atoms with Gasteiger partial charge in [0.2, 0.25) is 0 Å². The van der Waals surface area contributed by atoms with Gasteiger partial charge in [0.15, 0.2) is 0 Å². The van der Waals surface area contributed by atoms with E-state index in [1.54, 1.807) is 42.6 Å². The number of nitrogens with zero attached hydrogens (tertiary/aromatic N) is 1. The van der Waals surface area contributed by atoms with Crippen molar-refractivity contribution in [2.45, 2.75) is 6.92 Å². The van der Waals surface area contributed by atoms with Gasteiger partial charge in [-0.3, -0.25) is 25.4 Å². The number of para-hydroxylation sites is 1. The van der Waals surface area contributed by atoms with E-state index in [0.717, 1.165) is 22.0 Å². The van der Waals surface area contributed by atoms with Gasteiger partial charge >= 0.3 is 0 Å². The average molecular weight is 474 g/mol. The van der Waals surface area contributed by atoms with Gasteiger partial charge in [-0.25, -0.2) is 0 Å². The SMILES string of the molecule is Cc1ccc(C(=O)NNC(=O)c2c(Cl)cccc2Cl)cc1C#Cc1cnc2ccccc2c1. The molecule has 33 heavy (non-hydrogen) atoms. The number of aryl methyl sites for hydroxylation is 1. The highest BCUT2D eigenvalue weighted by atomic mass is 35.5. The lowest BCUT2D eigenvalue weighted by molar-refractivity contribution is 0.0847. The first kappa shape index (κ1) is 22.3. The molecule has 0 unspecified atom stereocenters. The molecule has 5 nitrogen and oxygen atoms in total. The molecule has 0 saturated carbocycles. The van der Waals surface area contributed by atoms with Crippen molar-refractivity contribution in [1.82, 2.24) is 15.8 Å². The Morgan fingerprint density at radius 3 is 2.36 bits per heavy atom. The van der Waals surface area contributed by atoms with Crippen LogP contribution in [0.3, 0.4) is 0 Å². The summed E-state index contributed by atoms with van der Waals surface area (Å²) in [6.07, 6.45) is 1.72. The number of carbonyl (C=O) groups excluding carboxylic acids is 2. The lowest BCUT2D eigenvalue weighted by atomic mass is 10.0. The second kappa shape index (κ2) is 9.74. The maximum atomic E-state index is 12.6. The molecule has 7 heteroatoms. The Hall–Kier alpha value is -3.85. The van der Waals surface area contributed by atoms with Crippen LogP contribution in [0.15, 0.2) is 72.9 Å². The van der Waals surface area contributed by atoms with Gasteiger partial charge in [0.05, 0.1) is 21.1 Å². The summed E-state index contributed by atoms with van der Waals surface area (Å²) in [5.41, 5.74) is 8.42. The molecule has 0 bridgehead atoms. The summed E-state index contributed by atoms with van der Waals surface area (Å²) in [5.74, 6) is 5.09. The van der Waals surface area contributed by atoms with E-state index in [9.17, 15) is 9.59 Å². The summed E-state index contributed by atoms with van der Waals surface area (Å²) in [7, 11) is 0. The number of rotatable bonds is 2. The van der Waals surface area contributed by atoms with Gasteiger partial charge in [0, 0.05) is 28.3 Å². The van der Waals surface area contributed by atoms with Crippen molar-refractivity contribution in [2.24, 2.45) is 0 Å². The van der Waals surface area contributed by atoms with Crippen LogP contribution in [0.1, 0.15) is 37.4 Å². The quantitative estimate of drug-likeness (QED) is 0.305. The van der Waals surface area contributed by atoms with Crippen LogP contribution in [-0.2, 0) is 0 Å². The highest BCUT2D eigenvalue weighted by Crippen LogP contribution is 2.23. The summed E-state index contributed by atoms with van der Waals surface area (Å²) in [6.45, 7) is 1.91. The lowest BCUT2D eigenvalue weighted by Crippen LogP contribution is -2.41. The molecule has 4 aromatic rings. The minimum atomic E-state index is -0.616. The van der Waals surface area contributed by atoms with Crippen LogP contribution in [0.5, 0.6) is 0 Å². The van der Waals surface area contributed by atoms with Crippen LogP contribution in [0.25, 0.3) is 10.9 Å². The number of aromatic nitrogens is 1. The number of carbonyl (C=O) groups is 2. The first-order valence-electron chi connectivity index (χ1n) is 9.94. The smallest absolute Gasteiger partial charge is 0.267 e. The Morgan fingerprint density at radius 1 is 0.848 bits per heavy atom. The third kappa shape index (κ3) is 5.15. The Labute approximate surface area is 200 Å². The van der Waals surface area contributed by atoms with Crippen LogP contribution in [0.4, 0.5) is 0 Å².